The van der Waals surface area contributed by atoms with Crippen molar-refractivity contribution in [3.8, 4) is 0 Å². The van der Waals surface area contributed by atoms with E-state index in [1.54, 1.807) is 17.2 Å². The van der Waals surface area contributed by atoms with Crippen LogP contribution in [0.2, 0.25) is 0 Å². The predicted molar refractivity (Wildman–Crippen MR) is 164 cm³/mol. The van der Waals surface area contributed by atoms with Crippen LogP contribution in [0.3, 0.4) is 0 Å². The second-order valence-corrected chi connectivity index (χ2v) is 13.6. The minimum Gasteiger partial charge on any atom is -0.348 e. The predicted octanol–water partition coefficient (Wildman–Crippen LogP) is 4.16. The number of aromatic nitrogens is 2. The summed E-state index contributed by atoms with van der Waals surface area (Å²) in [4.78, 5) is 44.1. The number of hydrogen-bond donors (Lipinski definition) is 1. The number of nitrogens with one attached hydrogen (secondary N) is 1. The molecule has 2 saturated carbocycles. The van der Waals surface area contributed by atoms with Crippen molar-refractivity contribution < 1.29 is 18.4 Å². The second-order valence-electron chi connectivity index (χ2n) is 13.6. The van der Waals surface area contributed by atoms with Gasteiger partial charge in [0.2, 0.25) is 5.91 Å². The highest BCUT2D eigenvalue weighted by Crippen LogP contribution is 2.49. The van der Waals surface area contributed by atoms with E-state index in [0.717, 1.165) is 30.8 Å². The first-order chi connectivity index (χ1) is 21.2. The van der Waals surface area contributed by atoms with Crippen molar-refractivity contribution >= 4 is 29.0 Å². The highest BCUT2D eigenvalue weighted by Gasteiger charge is 2.56. The molecule has 1 N–H and O–H groups in total. The molecule has 2 bridgehead atoms. The van der Waals surface area contributed by atoms with Gasteiger partial charge in [-0.05, 0) is 64.2 Å². The van der Waals surface area contributed by atoms with E-state index in [4.69, 9.17) is 0 Å². The van der Waals surface area contributed by atoms with Crippen molar-refractivity contribution in [3.63, 3.8) is 0 Å². The number of anilines is 3. The first-order valence-corrected chi connectivity index (χ1v) is 16.4. The molecule has 2 saturated heterocycles. The maximum atomic E-state index is 15.4. The van der Waals surface area contributed by atoms with Gasteiger partial charge in [0, 0.05) is 62.7 Å². The summed E-state index contributed by atoms with van der Waals surface area (Å²) in [7, 11) is 0. The van der Waals surface area contributed by atoms with Gasteiger partial charge < -0.3 is 24.9 Å². The van der Waals surface area contributed by atoms with Crippen molar-refractivity contribution in [3.05, 3.63) is 42.1 Å². The van der Waals surface area contributed by atoms with Gasteiger partial charge in [-0.25, -0.2) is 18.7 Å². The summed E-state index contributed by atoms with van der Waals surface area (Å²) in [5.74, 6) is 0.594. The number of fused-ring (bicyclic) bond motifs is 3. The van der Waals surface area contributed by atoms with E-state index in [9.17, 15) is 14.0 Å². The van der Waals surface area contributed by atoms with Crippen LogP contribution in [0.1, 0.15) is 63.2 Å². The molecule has 7 rings (SSSR count). The minimum atomic E-state index is -0.890. The summed E-state index contributed by atoms with van der Waals surface area (Å²) < 4.78 is 29.9. The van der Waals surface area contributed by atoms with Gasteiger partial charge in [0.1, 0.15) is 24.0 Å². The molecule has 5 aliphatic rings. The SMILES string of the molecule is CCN(C(=O)c1cc(F)ccc1N1CCN([C@H]2CCN(C(=O)[C@H]3NC4C[C@@H]3[C@@H](F)[C@H]4CC3CC3)C2)c2ncncc21)C(C)C. The first-order valence-electron chi connectivity index (χ1n) is 16.4. The van der Waals surface area contributed by atoms with Crippen molar-refractivity contribution in [2.45, 2.75) is 83.2 Å². The number of likely N-dealkylation sites (tertiary alicyclic amines) is 1. The molecule has 4 fully saturated rings. The standard InChI is InChI=1S/C33H43F2N7O2/c1-4-40(19(2)3)32(43)24-14-21(34)7-8-27(24)42-12-11-41(31-28(42)16-36-18-37-31)22-9-10-39(17-22)33(44)30-25-15-26(38-30)23(29(25)35)13-20-5-6-20/h7-8,14,16,18-20,22-23,25-26,29-30,38H,4-6,9-13,15,17H2,1-3H3/t22-,23-,25+,26?,29-,30-/m0/s1. The maximum Gasteiger partial charge on any atom is 0.256 e. The summed E-state index contributed by atoms with van der Waals surface area (Å²) in [6.07, 6.45) is 7.32. The molecule has 0 radical (unpaired) electrons. The van der Waals surface area contributed by atoms with Crippen molar-refractivity contribution in [2.24, 2.45) is 17.8 Å². The molecule has 3 aliphatic heterocycles. The number of piperidine rings is 1. The lowest BCUT2D eigenvalue weighted by atomic mass is 9.88. The van der Waals surface area contributed by atoms with Crippen molar-refractivity contribution in [1.82, 2.24) is 25.1 Å². The Labute approximate surface area is 258 Å². The van der Waals surface area contributed by atoms with Gasteiger partial charge in [-0.1, -0.05) is 12.8 Å². The van der Waals surface area contributed by atoms with Crippen molar-refractivity contribution in [2.75, 3.05) is 42.5 Å². The summed E-state index contributed by atoms with van der Waals surface area (Å²) >= 11 is 0. The molecule has 6 atom stereocenters. The number of hydrogen-bond acceptors (Lipinski definition) is 7. The van der Waals surface area contributed by atoms with E-state index in [0.29, 0.717) is 49.9 Å². The lowest BCUT2D eigenvalue weighted by Crippen LogP contribution is -2.55. The zero-order valence-electron chi connectivity index (χ0n) is 25.8. The fraction of sp³-hybridized carbons (Fsp3) is 0.636. The van der Waals surface area contributed by atoms with E-state index >= 15 is 4.39 Å². The first kappa shape index (κ1) is 29.4. The molecule has 11 heteroatoms. The largest absolute Gasteiger partial charge is 0.348 e. The molecule has 0 spiro atoms. The van der Waals surface area contributed by atoms with E-state index in [-0.39, 0.29) is 41.8 Å². The number of amides is 2. The molecular formula is C33H43F2N7O2. The molecule has 2 aliphatic carbocycles. The average molecular weight is 608 g/mol. The zero-order chi connectivity index (χ0) is 30.7. The number of carbonyl (C=O) groups excluding carboxylic acids is 2. The van der Waals surface area contributed by atoms with Crippen LogP contribution < -0.4 is 15.1 Å². The van der Waals surface area contributed by atoms with Crippen LogP contribution in [-0.2, 0) is 4.79 Å². The molecule has 9 nitrogen and oxygen atoms in total. The molecule has 1 aromatic carbocycles. The topological polar surface area (TPSA) is 84.9 Å². The Bertz CT molecular complexity index is 1420. The molecule has 44 heavy (non-hydrogen) atoms. The van der Waals surface area contributed by atoms with Gasteiger partial charge in [0.15, 0.2) is 5.82 Å². The Morgan fingerprint density at radius 2 is 1.95 bits per heavy atom. The van der Waals surface area contributed by atoms with Crippen LogP contribution in [0, 0.1) is 23.6 Å². The Morgan fingerprint density at radius 1 is 1.14 bits per heavy atom. The lowest BCUT2D eigenvalue weighted by molar-refractivity contribution is -0.134. The smallest absolute Gasteiger partial charge is 0.256 e. The van der Waals surface area contributed by atoms with Gasteiger partial charge in [-0.15, -0.1) is 0 Å². The van der Waals surface area contributed by atoms with E-state index in [1.807, 2.05) is 30.6 Å². The van der Waals surface area contributed by atoms with Gasteiger partial charge in [-0.3, -0.25) is 9.59 Å². The van der Waals surface area contributed by atoms with Crippen LogP contribution in [0.15, 0.2) is 30.7 Å². The monoisotopic (exact) mass is 607 g/mol. The number of rotatable bonds is 8. The normalized spacial score (nSPS) is 29.5. The second kappa shape index (κ2) is 11.5. The quantitative estimate of drug-likeness (QED) is 0.483. The average Bonchev–Trinajstić information content (AvgIpc) is 3.40. The Balaban J connectivity index is 1.08. The minimum absolute atomic E-state index is 0.0224. The number of nitrogens with zero attached hydrogens (tertiary/aromatic N) is 6. The summed E-state index contributed by atoms with van der Waals surface area (Å²) in [5, 5.41) is 3.52. The number of carbonyl (C=O) groups is 2. The van der Waals surface area contributed by atoms with Crippen LogP contribution in [0.5, 0.6) is 0 Å². The number of alkyl halides is 1. The Kier molecular flexibility index (Phi) is 7.71. The molecule has 2 amide bonds. The molecule has 4 heterocycles. The fourth-order valence-electron chi connectivity index (χ4n) is 8.26. The van der Waals surface area contributed by atoms with Crippen LogP contribution in [0.4, 0.5) is 26.0 Å². The highest BCUT2D eigenvalue weighted by atomic mass is 19.1. The van der Waals surface area contributed by atoms with Gasteiger partial charge >= 0.3 is 0 Å². The van der Waals surface area contributed by atoms with E-state index in [2.05, 4.69) is 20.2 Å². The van der Waals surface area contributed by atoms with E-state index in [1.165, 1.54) is 31.3 Å². The summed E-state index contributed by atoms with van der Waals surface area (Å²) in [6, 6.07) is 4.08. The fourth-order valence-corrected chi connectivity index (χ4v) is 8.26. The third-order valence-electron chi connectivity index (χ3n) is 10.7. The van der Waals surface area contributed by atoms with Crippen LogP contribution in [0.25, 0.3) is 0 Å². The molecule has 1 unspecified atom stereocenters. The van der Waals surface area contributed by atoms with Crippen LogP contribution >= 0.6 is 0 Å². The van der Waals surface area contributed by atoms with Gasteiger partial charge in [0.05, 0.1) is 23.5 Å². The van der Waals surface area contributed by atoms with E-state index < -0.39 is 18.0 Å². The number of benzene rings is 1. The Hall–Kier alpha value is -3.34. The summed E-state index contributed by atoms with van der Waals surface area (Å²) in [5.41, 5.74) is 1.68. The molecule has 1 aromatic heterocycles. The van der Waals surface area contributed by atoms with Gasteiger partial charge in [-0.2, -0.15) is 0 Å². The van der Waals surface area contributed by atoms with Crippen LogP contribution in [-0.4, -0.2) is 94.6 Å². The summed E-state index contributed by atoms with van der Waals surface area (Å²) in [6.45, 7) is 8.68. The lowest BCUT2D eigenvalue weighted by Gasteiger charge is -2.41. The third kappa shape index (κ3) is 5.10. The van der Waals surface area contributed by atoms with Crippen molar-refractivity contribution in [1.29, 1.82) is 0 Å². The molecule has 236 valence electrons. The molecule has 2 aromatic rings. The molecular weight excluding hydrogens is 564 g/mol. The Morgan fingerprint density at radius 3 is 2.68 bits per heavy atom. The maximum absolute atomic E-state index is 15.4. The van der Waals surface area contributed by atoms with Gasteiger partial charge in [0.25, 0.3) is 5.91 Å². The third-order valence-corrected chi connectivity index (χ3v) is 10.7. The highest BCUT2D eigenvalue weighted by molar-refractivity contribution is 6.01. The number of halogens is 2. The zero-order valence-corrected chi connectivity index (χ0v) is 25.8.